The first-order valence-electron chi connectivity index (χ1n) is 2.20. The molecule has 0 saturated heterocycles. The van der Waals surface area contributed by atoms with Gasteiger partial charge in [0.1, 0.15) is 5.25 Å². The Hall–Kier alpha value is -0.580. The zero-order valence-electron chi connectivity index (χ0n) is 4.37. The van der Waals surface area contributed by atoms with E-state index in [9.17, 15) is 0 Å². The average Bonchev–Trinajstić information content (AvgIpc) is 2.33. The van der Waals surface area contributed by atoms with E-state index in [0.29, 0.717) is 5.57 Å². The maximum Gasteiger partial charge on any atom is 0.137 e. The van der Waals surface area contributed by atoms with E-state index in [4.69, 9.17) is 10.5 Å². The zero-order chi connectivity index (χ0) is 6.69. The third kappa shape index (κ3) is 1.21. The molecule has 1 unspecified atom stereocenters. The van der Waals surface area contributed by atoms with Gasteiger partial charge in [0.2, 0.25) is 0 Å². The Morgan fingerprint density at radius 1 is 1.56 bits per heavy atom. The molecule has 1 heterocycles. The molecule has 0 amide bonds. The maximum atomic E-state index is 8.39. The molecule has 1 aliphatic heterocycles. The van der Waals surface area contributed by atoms with Crippen LogP contribution < -0.4 is 0 Å². The summed E-state index contributed by atoms with van der Waals surface area (Å²) in [6.07, 6.45) is 0. The molecule has 0 aromatic carbocycles. The van der Waals surface area contributed by atoms with E-state index in [2.05, 4.69) is 0 Å². The molecule has 0 spiro atoms. The summed E-state index contributed by atoms with van der Waals surface area (Å²) in [5, 5.41) is 18.2. The molecule has 0 radical (unpaired) electrons. The lowest BCUT2D eigenvalue weighted by atomic mass is 10.2. The third-order valence-electron chi connectivity index (χ3n) is 0.856. The SMILES string of the molecule is N#CC1=CSSC1C#N. The maximum absolute atomic E-state index is 8.39. The fraction of sp³-hybridized carbons (Fsp3) is 0.200. The summed E-state index contributed by atoms with van der Waals surface area (Å²) in [5.41, 5.74) is 0.576. The highest BCUT2D eigenvalue weighted by atomic mass is 33.1. The van der Waals surface area contributed by atoms with Gasteiger partial charge in [-0.1, -0.05) is 21.6 Å². The van der Waals surface area contributed by atoms with E-state index in [1.807, 2.05) is 12.1 Å². The van der Waals surface area contributed by atoms with Crippen LogP contribution >= 0.6 is 21.6 Å². The molecule has 0 aromatic rings. The summed E-state index contributed by atoms with van der Waals surface area (Å²) >= 11 is 0. The van der Waals surface area contributed by atoms with Gasteiger partial charge in [-0.25, -0.2) is 0 Å². The van der Waals surface area contributed by atoms with Crippen LogP contribution in [0, 0.1) is 22.7 Å². The largest absolute Gasteiger partial charge is 0.197 e. The molecule has 0 aromatic heterocycles. The summed E-state index contributed by atoms with van der Waals surface area (Å²) in [5.74, 6) is 0. The van der Waals surface area contributed by atoms with Gasteiger partial charge in [0, 0.05) is 0 Å². The van der Waals surface area contributed by atoms with Crippen LogP contribution in [0.2, 0.25) is 0 Å². The van der Waals surface area contributed by atoms with Gasteiger partial charge in [0.05, 0.1) is 17.7 Å². The topological polar surface area (TPSA) is 47.6 Å². The van der Waals surface area contributed by atoms with Gasteiger partial charge in [-0.15, -0.1) is 0 Å². The molecule has 0 fully saturated rings. The quantitative estimate of drug-likeness (QED) is 0.498. The number of hydrogen-bond acceptors (Lipinski definition) is 4. The minimum Gasteiger partial charge on any atom is -0.197 e. The standard InChI is InChI=1S/C5H2N2S2/c6-1-4-3-8-9-5(4)2-7/h3,5H. The molecule has 1 aliphatic rings. The van der Waals surface area contributed by atoms with Crippen LogP contribution in [0.1, 0.15) is 0 Å². The molecule has 0 N–H and O–H groups in total. The van der Waals surface area contributed by atoms with Crippen molar-refractivity contribution >= 4 is 21.6 Å². The third-order valence-corrected chi connectivity index (χ3v) is 3.07. The molecule has 1 atom stereocenters. The monoisotopic (exact) mass is 154 g/mol. The smallest absolute Gasteiger partial charge is 0.137 e. The van der Waals surface area contributed by atoms with Crippen molar-refractivity contribution in [1.29, 1.82) is 10.5 Å². The highest BCUT2D eigenvalue weighted by Gasteiger charge is 2.19. The van der Waals surface area contributed by atoms with Crippen LogP contribution in [0.3, 0.4) is 0 Å². The van der Waals surface area contributed by atoms with Crippen molar-refractivity contribution in [2.24, 2.45) is 0 Å². The fourth-order valence-corrected chi connectivity index (χ4v) is 2.49. The molecule has 44 valence electrons. The predicted molar refractivity (Wildman–Crippen MR) is 38.3 cm³/mol. The van der Waals surface area contributed by atoms with E-state index in [1.54, 1.807) is 5.41 Å². The van der Waals surface area contributed by atoms with Gasteiger partial charge in [0.15, 0.2) is 0 Å². The van der Waals surface area contributed by atoms with Crippen molar-refractivity contribution < 1.29 is 0 Å². The van der Waals surface area contributed by atoms with E-state index in [1.165, 1.54) is 21.6 Å². The van der Waals surface area contributed by atoms with Crippen molar-refractivity contribution in [3.05, 3.63) is 11.0 Å². The normalized spacial score (nSPS) is 24.2. The lowest BCUT2D eigenvalue weighted by Crippen LogP contribution is -1.94. The molecule has 9 heavy (non-hydrogen) atoms. The highest BCUT2D eigenvalue weighted by molar-refractivity contribution is 8.78. The fourth-order valence-electron chi connectivity index (χ4n) is 0.425. The Bertz CT molecular complexity index is 220. The summed E-state index contributed by atoms with van der Waals surface area (Å²) in [6.45, 7) is 0. The molecular formula is C5H2N2S2. The Morgan fingerprint density at radius 2 is 2.33 bits per heavy atom. The van der Waals surface area contributed by atoms with Crippen LogP contribution in [-0.4, -0.2) is 5.25 Å². The van der Waals surface area contributed by atoms with Gasteiger partial charge in [0.25, 0.3) is 0 Å². The molecular weight excluding hydrogens is 152 g/mol. The van der Waals surface area contributed by atoms with E-state index in [-0.39, 0.29) is 5.25 Å². The van der Waals surface area contributed by atoms with Gasteiger partial charge in [-0.3, -0.25) is 0 Å². The first kappa shape index (κ1) is 6.54. The number of nitriles is 2. The molecule has 0 bridgehead atoms. The van der Waals surface area contributed by atoms with Crippen molar-refractivity contribution in [3.63, 3.8) is 0 Å². The Morgan fingerprint density at radius 3 is 2.78 bits per heavy atom. The van der Waals surface area contributed by atoms with Crippen molar-refractivity contribution in [3.8, 4) is 12.1 Å². The van der Waals surface area contributed by atoms with Crippen LogP contribution in [-0.2, 0) is 0 Å². The Labute approximate surface area is 60.9 Å². The first-order valence-corrected chi connectivity index (χ1v) is 4.48. The molecule has 0 saturated carbocycles. The second-order valence-electron chi connectivity index (χ2n) is 1.39. The second-order valence-corrected chi connectivity index (χ2v) is 3.63. The minimum atomic E-state index is -0.236. The molecule has 0 aliphatic carbocycles. The van der Waals surface area contributed by atoms with Crippen molar-refractivity contribution in [2.75, 3.05) is 0 Å². The lowest BCUT2D eigenvalue weighted by molar-refractivity contribution is 1.31. The minimum absolute atomic E-state index is 0.236. The van der Waals surface area contributed by atoms with E-state index < -0.39 is 0 Å². The summed E-state index contributed by atoms with van der Waals surface area (Å²) in [4.78, 5) is 0. The summed E-state index contributed by atoms with van der Waals surface area (Å²) in [6, 6.07) is 3.98. The lowest BCUT2D eigenvalue weighted by Gasteiger charge is -1.90. The Kier molecular flexibility index (Phi) is 2.05. The Balaban J connectivity index is 2.74. The average molecular weight is 154 g/mol. The second kappa shape index (κ2) is 2.82. The molecule has 2 nitrogen and oxygen atoms in total. The molecule has 4 heteroatoms. The number of nitrogens with zero attached hydrogens (tertiary/aromatic N) is 2. The van der Waals surface area contributed by atoms with Crippen LogP contribution in [0.5, 0.6) is 0 Å². The van der Waals surface area contributed by atoms with Gasteiger partial charge in [-0.2, -0.15) is 10.5 Å². The number of rotatable bonds is 0. The van der Waals surface area contributed by atoms with Crippen LogP contribution in [0.15, 0.2) is 11.0 Å². The van der Waals surface area contributed by atoms with E-state index >= 15 is 0 Å². The summed E-state index contributed by atoms with van der Waals surface area (Å²) in [7, 11) is 2.86. The van der Waals surface area contributed by atoms with E-state index in [0.717, 1.165) is 0 Å². The van der Waals surface area contributed by atoms with Gasteiger partial charge in [-0.05, 0) is 5.41 Å². The van der Waals surface area contributed by atoms with Crippen LogP contribution in [0.4, 0.5) is 0 Å². The first-order chi connectivity index (χ1) is 4.38. The summed E-state index contributed by atoms with van der Waals surface area (Å²) < 4.78 is 0. The predicted octanol–water partition coefficient (Wildman–Crippen LogP) is 1.68. The van der Waals surface area contributed by atoms with Crippen molar-refractivity contribution in [2.45, 2.75) is 5.25 Å². The highest BCUT2D eigenvalue weighted by Crippen LogP contribution is 2.39. The molecule has 1 rings (SSSR count). The van der Waals surface area contributed by atoms with Gasteiger partial charge >= 0.3 is 0 Å². The zero-order valence-corrected chi connectivity index (χ0v) is 6.00. The van der Waals surface area contributed by atoms with Crippen LogP contribution in [0.25, 0.3) is 0 Å². The van der Waals surface area contributed by atoms with Gasteiger partial charge < -0.3 is 0 Å². The van der Waals surface area contributed by atoms with Crippen molar-refractivity contribution in [1.82, 2.24) is 0 Å². The number of hydrogen-bond donors (Lipinski definition) is 0.